The second-order valence-corrected chi connectivity index (χ2v) is 8.98. The van der Waals surface area contributed by atoms with Gasteiger partial charge >= 0.3 is 0 Å². The summed E-state index contributed by atoms with van der Waals surface area (Å²) in [4.78, 5) is 19.3. The van der Waals surface area contributed by atoms with Gasteiger partial charge in [0.15, 0.2) is 5.11 Å². The second kappa shape index (κ2) is 12.3. The summed E-state index contributed by atoms with van der Waals surface area (Å²) < 4.78 is 38.4. The van der Waals surface area contributed by atoms with Gasteiger partial charge in [0.05, 0.1) is 25.9 Å². The van der Waals surface area contributed by atoms with Crippen LogP contribution in [-0.4, -0.2) is 97.5 Å². The molecule has 2 aromatic carbocycles. The number of halogens is 2. The lowest BCUT2D eigenvalue weighted by molar-refractivity contribution is -0.0228. The highest BCUT2D eigenvalue weighted by molar-refractivity contribution is 7.80. The Morgan fingerprint density at radius 1 is 1.06 bits per heavy atom. The van der Waals surface area contributed by atoms with E-state index in [1.54, 1.807) is 29.2 Å². The second-order valence-electron chi connectivity index (χ2n) is 8.59. The van der Waals surface area contributed by atoms with Gasteiger partial charge in [-0.25, -0.2) is 8.78 Å². The lowest BCUT2D eigenvalue weighted by Gasteiger charge is -2.37. The molecule has 2 heterocycles. The molecule has 0 aromatic heterocycles. The van der Waals surface area contributed by atoms with Crippen molar-refractivity contribution >= 4 is 28.9 Å². The van der Waals surface area contributed by atoms with Gasteiger partial charge in [0, 0.05) is 57.1 Å². The molecule has 2 aliphatic heterocycles. The molecular formula is C25H30F2N4O3S. The molecule has 2 saturated heterocycles. The van der Waals surface area contributed by atoms with Crippen LogP contribution >= 0.6 is 12.2 Å². The molecule has 188 valence electrons. The topological polar surface area (TPSA) is 57.3 Å². The maximum Gasteiger partial charge on any atom is 0.254 e. The van der Waals surface area contributed by atoms with Crippen molar-refractivity contribution in [2.75, 3.05) is 71.0 Å². The number of thiocarbonyl (C=S) groups is 1. The van der Waals surface area contributed by atoms with Crippen LogP contribution in [0.2, 0.25) is 0 Å². The maximum atomic E-state index is 13.8. The summed E-state index contributed by atoms with van der Waals surface area (Å²) in [5, 5.41) is 3.65. The molecule has 0 bridgehead atoms. The maximum absolute atomic E-state index is 13.8. The van der Waals surface area contributed by atoms with E-state index in [1.807, 2.05) is 4.90 Å². The van der Waals surface area contributed by atoms with Crippen molar-refractivity contribution in [3.05, 3.63) is 65.7 Å². The van der Waals surface area contributed by atoms with Crippen LogP contribution in [-0.2, 0) is 9.47 Å². The Balaban J connectivity index is 1.40. The fourth-order valence-electron chi connectivity index (χ4n) is 4.16. The fourth-order valence-corrected chi connectivity index (χ4v) is 4.45. The Kier molecular flexibility index (Phi) is 8.97. The van der Waals surface area contributed by atoms with Crippen molar-refractivity contribution < 1.29 is 23.0 Å². The van der Waals surface area contributed by atoms with E-state index in [1.165, 1.54) is 24.3 Å². The number of anilines is 1. The summed E-state index contributed by atoms with van der Waals surface area (Å²) in [5.41, 5.74) is 1.01. The van der Waals surface area contributed by atoms with E-state index in [-0.39, 0.29) is 17.8 Å². The lowest BCUT2D eigenvalue weighted by Crippen LogP contribution is -2.52. The van der Waals surface area contributed by atoms with Crippen LogP contribution in [0.25, 0.3) is 0 Å². The van der Waals surface area contributed by atoms with Gasteiger partial charge in [0.1, 0.15) is 11.6 Å². The Morgan fingerprint density at radius 2 is 1.83 bits per heavy atom. The van der Waals surface area contributed by atoms with Crippen LogP contribution in [0, 0.1) is 11.6 Å². The molecule has 10 heteroatoms. The van der Waals surface area contributed by atoms with Crippen molar-refractivity contribution in [3.63, 3.8) is 0 Å². The molecular weight excluding hydrogens is 474 g/mol. The molecule has 4 rings (SSSR count). The number of nitrogens with zero attached hydrogens (tertiary/aromatic N) is 3. The molecule has 1 amide bonds. The van der Waals surface area contributed by atoms with E-state index in [9.17, 15) is 13.6 Å². The molecule has 0 aliphatic carbocycles. The summed E-state index contributed by atoms with van der Waals surface area (Å²) in [5.74, 6) is -0.986. The highest BCUT2D eigenvalue weighted by Crippen LogP contribution is 2.15. The van der Waals surface area contributed by atoms with Crippen molar-refractivity contribution in [2.24, 2.45) is 0 Å². The highest BCUT2D eigenvalue weighted by atomic mass is 32.1. The summed E-state index contributed by atoms with van der Waals surface area (Å²) in [7, 11) is 0. The Hall–Kier alpha value is -2.66. The average molecular weight is 505 g/mol. The first kappa shape index (κ1) is 25.4. The smallest absolute Gasteiger partial charge is 0.254 e. The fraction of sp³-hybridized carbons (Fsp3) is 0.440. The molecule has 1 unspecified atom stereocenters. The van der Waals surface area contributed by atoms with E-state index >= 15 is 0 Å². The zero-order valence-corrected chi connectivity index (χ0v) is 20.3. The number of benzene rings is 2. The molecule has 0 radical (unpaired) electrons. The molecule has 0 saturated carbocycles. The van der Waals surface area contributed by atoms with Crippen LogP contribution in [0.15, 0.2) is 48.5 Å². The standard InChI is InChI=1S/C25H30F2N4O3S/c26-20-4-6-22(7-5-20)28-25(35)31-12-15-34-23(18-31)17-30(9-8-29-10-13-33-14-11-29)24(32)19-2-1-3-21(27)16-19/h1-7,16,23H,8-15,17-18H2,(H,28,35). The zero-order chi connectivity index (χ0) is 24.6. The molecule has 35 heavy (non-hydrogen) atoms. The van der Waals surface area contributed by atoms with E-state index < -0.39 is 5.82 Å². The quantitative estimate of drug-likeness (QED) is 0.582. The van der Waals surface area contributed by atoms with Crippen molar-refractivity contribution in [1.82, 2.24) is 14.7 Å². The molecule has 0 spiro atoms. The number of carbonyl (C=O) groups excluding carboxylic acids is 1. The summed E-state index contributed by atoms with van der Waals surface area (Å²) in [6.07, 6.45) is -0.265. The van der Waals surface area contributed by atoms with Crippen molar-refractivity contribution in [2.45, 2.75) is 6.10 Å². The van der Waals surface area contributed by atoms with Gasteiger partial charge < -0.3 is 24.6 Å². The molecule has 2 aliphatic rings. The van der Waals surface area contributed by atoms with Gasteiger partial charge in [0.2, 0.25) is 0 Å². The SMILES string of the molecule is O=C(c1cccc(F)c1)N(CCN1CCOCC1)CC1CN(C(=S)Nc2ccc(F)cc2)CCO1. The minimum absolute atomic E-state index is 0.231. The first-order valence-corrected chi connectivity index (χ1v) is 12.2. The van der Waals surface area contributed by atoms with Crippen LogP contribution in [0.5, 0.6) is 0 Å². The zero-order valence-electron chi connectivity index (χ0n) is 19.5. The van der Waals surface area contributed by atoms with Crippen LogP contribution in [0.4, 0.5) is 14.5 Å². The number of hydrogen-bond acceptors (Lipinski definition) is 5. The number of carbonyl (C=O) groups is 1. The first-order chi connectivity index (χ1) is 17.0. The Bertz CT molecular complexity index is 1000. The highest BCUT2D eigenvalue weighted by Gasteiger charge is 2.27. The van der Waals surface area contributed by atoms with Gasteiger partial charge in [-0.15, -0.1) is 0 Å². The third kappa shape index (κ3) is 7.41. The van der Waals surface area contributed by atoms with Gasteiger partial charge in [-0.2, -0.15) is 0 Å². The normalized spacial score (nSPS) is 18.8. The summed E-state index contributed by atoms with van der Waals surface area (Å²) in [6.45, 7) is 6.11. The Morgan fingerprint density at radius 3 is 2.57 bits per heavy atom. The first-order valence-electron chi connectivity index (χ1n) is 11.8. The molecule has 2 aromatic rings. The van der Waals surface area contributed by atoms with E-state index in [2.05, 4.69) is 10.2 Å². The summed E-state index contributed by atoms with van der Waals surface area (Å²) >= 11 is 5.56. The number of hydrogen-bond donors (Lipinski definition) is 1. The number of morpholine rings is 2. The number of rotatable bonds is 7. The van der Waals surface area contributed by atoms with E-state index in [0.29, 0.717) is 68.9 Å². The molecule has 1 N–H and O–H groups in total. The lowest BCUT2D eigenvalue weighted by atomic mass is 10.1. The van der Waals surface area contributed by atoms with Crippen molar-refractivity contribution in [1.29, 1.82) is 0 Å². The molecule has 7 nitrogen and oxygen atoms in total. The minimum Gasteiger partial charge on any atom is -0.379 e. The minimum atomic E-state index is -0.443. The third-order valence-electron chi connectivity index (χ3n) is 6.09. The molecule has 2 fully saturated rings. The van der Waals surface area contributed by atoms with Crippen molar-refractivity contribution in [3.8, 4) is 0 Å². The number of nitrogens with one attached hydrogen (secondary N) is 1. The number of ether oxygens (including phenoxy) is 2. The van der Waals surface area contributed by atoms with Crippen LogP contribution in [0.3, 0.4) is 0 Å². The van der Waals surface area contributed by atoms with E-state index in [0.717, 1.165) is 13.1 Å². The third-order valence-corrected chi connectivity index (χ3v) is 6.45. The van der Waals surface area contributed by atoms with Gasteiger partial charge in [-0.05, 0) is 54.7 Å². The van der Waals surface area contributed by atoms with Gasteiger partial charge in [-0.1, -0.05) is 6.07 Å². The largest absolute Gasteiger partial charge is 0.379 e. The average Bonchev–Trinajstić information content (AvgIpc) is 2.88. The van der Waals surface area contributed by atoms with Gasteiger partial charge in [0.25, 0.3) is 5.91 Å². The van der Waals surface area contributed by atoms with Crippen LogP contribution < -0.4 is 5.32 Å². The number of amides is 1. The van der Waals surface area contributed by atoms with E-state index in [4.69, 9.17) is 21.7 Å². The summed E-state index contributed by atoms with van der Waals surface area (Å²) in [6, 6.07) is 11.8. The monoisotopic (exact) mass is 504 g/mol. The predicted octanol–water partition coefficient (Wildman–Crippen LogP) is 2.84. The van der Waals surface area contributed by atoms with Crippen LogP contribution in [0.1, 0.15) is 10.4 Å². The van der Waals surface area contributed by atoms with Gasteiger partial charge in [-0.3, -0.25) is 9.69 Å². The Labute approximate surface area is 209 Å². The molecule has 1 atom stereocenters. The predicted molar refractivity (Wildman–Crippen MR) is 133 cm³/mol.